The molecule has 2 heterocycles. The molecule has 0 spiro atoms. The molecule has 1 N–H and O–H groups in total. The maximum atomic E-state index is 12.6. The van der Waals surface area contributed by atoms with Crippen molar-refractivity contribution >= 4 is 28.8 Å². The lowest BCUT2D eigenvalue weighted by molar-refractivity contribution is -0.118. The number of thiophene rings is 1. The molecule has 1 saturated heterocycles. The molecule has 1 fully saturated rings. The van der Waals surface area contributed by atoms with Crippen molar-refractivity contribution in [1.29, 1.82) is 0 Å². The predicted octanol–water partition coefficient (Wildman–Crippen LogP) is 3.21. The Morgan fingerprint density at radius 1 is 1.17 bits per heavy atom. The lowest BCUT2D eigenvalue weighted by Gasteiger charge is -2.18. The predicted molar refractivity (Wildman–Crippen MR) is 93.2 cm³/mol. The first-order valence-corrected chi connectivity index (χ1v) is 8.59. The van der Waals surface area contributed by atoms with E-state index in [0.29, 0.717) is 17.8 Å². The summed E-state index contributed by atoms with van der Waals surface area (Å²) in [5.41, 5.74) is 4.22. The number of anilines is 1. The molecule has 23 heavy (non-hydrogen) atoms. The summed E-state index contributed by atoms with van der Waals surface area (Å²) in [6.45, 7) is 6.63. The van der Waals surface area contributed by atoms with E-state index in [4.69, 9.17) is 0 Å². The Kier molecular flexibility index (Phi) is 4.22. The molecule has 2 aromatic rings. The first-order valence-electron chi connectivity index (χ1n) is 7.71. The average Bonchev–Trinajstić information content (AvgIpc) is 3.09. The van der Waals surface area contributed by atoms with E-state index in [0.717, 1.165) is 16.8 Å². The SMILES string of the molecule is Cc1ccc(N2CC[C@H](NC(=O)c3sccc3C)C2=O)cc1C. The third kappa shape index (κ3) is 3.01. The summed E-state index contributed by atoms with van der Waals surface area (Å²) in [6, 6.07) is 7.50. The number of hydrogen-bond donors (Lipinski definition) is 1. The fourth-order valence-corrected chi connectivity index (χ4v) is 3.62. The Morgan fingerprint density at radius 3 is 2.61 bits per heavy atom. The minimum Gasteiger partial charge on any atom is -0.339 e. The molecule has 1 aromatic carbocycles. The van der Waals surface area contributed by atoms with Crippen molar-refractivity contribution in [2.45, 2.75) is 33.2 Å². The van der Waals surface area contributed by atoms with E-state index in [1.54, 1.807) is 4.90 Å². The maximum absolute atomic E-state index is 12.6. The van der Waals surface area contributed by atoms with E-state index in [1.165, 1.54) is 16.9 Å². The third-order valence-electron chi connectivity index (χ3n) is 4.38. The number of aryl methyl sites for hydroxylation is 3. The topological polar surface area (TPSA) is 49.4 Å². The number of nitrogens with zero attached hydrogens (tertiary/aromatic N) is 1. The normalized spacial score (nSPS) is 17.6. The molecule has 0 saturated carbocycles. The van der Waals surface area contributed by atoms with Crippen LogP contribution >= 0.6 is 11.3 Å². The second kappa shape index (κ2) is 6.16. The first kappa shape index (κ1) is 15.7. The molecular weight excluding hydrogens is 308 g/mol. The van der Waals surface area contributed by atoms with Crippen LogP contribution in [-0.4, -0.2) is 24.4 Å². The van der Waals surface area contributed by atoms with Crippen molar-refractivity contribution in [3.8, 4) is 0 Å². The van der Waals surface area contributed by atoms with E-state index >= 15 is 0 Å². The van der Waals surface area contributed by atoms with Gasteiger partial charge in [0.2, 0.25) is 5.91 Å². The van der Waals surface area contributed by atoms with Gasteiger partial charge in [-0.15, -0.1) is 11.3 Å². The molecule has 5 heteroatoms. The minimum absolute atomic E-state index is 0.0317. The summed E-state index contributed by atoms with van der Waals surface area (Å²) in [6.07, 6.45) is 0.641. The van der Waals surface area contributed by atoms with Gasteiger partial charge >= 0.3 is 0 Å². The highest BCUT2D eigenvalue weighted by Crippen LogP contribution is 2.24. The molecule has 4 nitrogen and oxygen atoms in total. The van der Waals surface area contributed by atoms with Gasteiger partial charge in [-0.1, -0.05) is 6.07 Å². The van der Waals surface area contributed by atoms with E-state index in [1.807, 2.05) is 43.5 Å². The largest absolute Gasteiger partial charge is 0.339 e. The van der Waals surface area contributed by atoms with Gasteiger partial charge in [-0.2, -0.15) is 0 Å². The lowest BCUT2D eigenvalue weighted by atomic mass is 10.1. The summed E-state index contributed by atoms with van der Waals surface area (Å²) >= 11 is 1.41. The first-order chi connectivity index (χ1) is 11.0. The Bertz CT molecular complexity index is 766. The molecular formula is C18H20N2O2S. The van der Waals surface area contributed by atoms with Crippen molar-refractivity contribution in [1.82, 2.24) is 5.32 Å². The molecule has 1 aliphatic rings. The molecule has 1 aromatic heterocycles. The Labute approximate surface area is 140 Å². The molecule has 1 atom stereocenters. The van der Waals surface area contributed by atoms with Gasteiger partial charge in [-0.05, 0) is 67.5 Å². The summed E-state index contributed by atoms with van der Waals surface area (Å²) in [5, 5.41) is 4.77. The fourth-order valence-electron chi connectivity index (χ4n) is 2.79. The average molecular weight is 328 g/mol. The van der Waals surface area contributed by atoms with Crippen LogP contribution in [0.4, 0.5) is 5.69 Å². The van der Waals surface area contributed by atoms with Crippen LogP contribution < -0.4 is 10.2 Å². The van der Waals surface area contributed by atoms with Gasteiger partial charge < -0.3 is 10.2 Å². The van der Waals surface area contributed by atoms with Crippen LogP contribution in [0.1, 0.15) is 32.8 Å². The molecule has 0 bridgehead atoms. The number of hydrogen-bond acceptors (Lipinski definition) is 3. The quantitative estimate of drug-likeness (QED) is 0.940. The lowest BCUT2D eigenvalue weighted by Crippen LogP contribution is -2.41. The fraction of sp³-hybridized carbons (Fsp3) is 0.333. The second-order valence-corrected chi connectivity index (χ2v) is 6.92. The Morgan fingerprint density at radius 2 is 1.96 bits per heavy atom. The molecule has 0 unspecified atom stereocenters. The van der Waals surface area contributed by atoms with Crippen LogP contribution in [0, 0.1) is 20.8 Å². The van der Waals surface area contributed by atoms with Gasteiger partial charge in [0.25, 0.3) is 5.91 Å². The van der Waals surface area contributed by atoms with Gasteiger partial charge in [0.15, 0.2) is 0 Å². The number of carbonyl (C=O) groups excluding carboxylic acids is 2. The molecule has 3 rings (SSSR count). The van der Waals surface area contributed by atoms with Crippen LogP contribution in [0.2, 0.25) is 0 Å². The Hall–Kier alpha value is -2.14. The smallest absolute Gasteiger partial charge is 0.262 e. The second-order valence-electron chi connectivity index (χ2n) is 6.01. The van der Waals surface area contributed by atoms with Gasteiger partial charge in [-0.3, -0.25) is 9.59 Å². The van der Waals surface area contributed by atoms with Crippen molar-refractivity contribution < 1.29 is 9.59 Å². The van der Waals surface area contributed by atoms with Crippen molar-refractivity contribution in [3.63, 3.8) is 0 Å². The monoisotopic (exact) mass is 328 g/mol. The number of benzene rings is 1. The van der Waals surface area contributed by atoms with E-state index in [2.05, 4.69) is 12.2 Å². The van der Waals surface area contributed by atoms with Crippen LogP contribution in [0.25, 0.3) is 0 Å². The number of rotatable bonds is 3. The number of amides is 2. The van der Waals surface area contributed by atoms with Crippen molar-refractivity contribution in [3.05, 3.63) is 51.2 Å². The van der Waals surface area contributed by atoms with E-state index in [9.17, 15) is 9.59 Å². The maximum Gasteiger partial charge on any atom is 0.262 e. The zero-order valence-electron chi connectivity index (χ0n) is 13.6. The number of nitrogens with one attached hydrogen (secondary N) is 1. The summed E-state index contributed by atoms with van der Waals surface area (Å²) in [5.74, 6) is -0.186. The highest BCUT2D eigenvalue weighted by Gasteiger charge is 2.34. The summed E-state index contributed by atoms with van der Waals surface area (Å²) in [4.78, 5) is 27.4. The highest BCUT2D eigenvalue weighted by molar-refractivity contribution is 7.12. The molecule has 0 aliphatic carbocycles. The van der Waals surface area contributed by atoms with Crippen LogP contribution in [0.15, 0.2) is 29.6 Å². The van der Waals surface area contributed by atoms with Gasteiger partial charge in [0.05, 0.1) is 4.88 Å². The van der Waals surface area contributed by atoms with Crippen molar-refractivity contribution in [2.24, 2.45) is 0 Å². The number of carbonyl (C=O) groups is 2. The van der Waals surface area contributed by atoms with E-state index < -0.39 is 6.04 Å². The summed E-state index contributed by atoms with van der Waals surface area (Å²) < 4.78 is 0. The summed E-state index contributed by atoms with van der Waals surface area (Å²) in [7, 11) is 0. The van der Waals surface area contributed by atoms with Crippen LogP contribution in [0.3, 0.4) is 0 Å². The van der Waals surface area contributed by atoms with Crippen LogP contribution in [0.5, 0.6) is 0 Å². The highest BCUT2D eigenvalue weighted by atomic mass is 32.1. The van der Waals surface area contributed by atoms with Crippen molar-refractivity contribution in [2.75, 3.05) is 11.4 Å². The molecule has 0 radical (unpaired) electrons. The zero-order chi connectivity index (χ0) is 16.6. The third-order valence-corrected chi connectivity index (χ3v) is 5.40. The van der Waals surface area contributed by atoms with Gasteiger partial charge in [0, 0.05) is 12.2 Å². The molecule has 120 valence electrons. The Balaban J connectivity index is 1.73. The van der Waals surface area contributed by atoms with Crippen LogP contribution in [-0.2, 0) is 4.79 Å². The van der Waals surface area contributed by atoms with Gasteiger partial charge in [-0.25, -0.2) is 0 Å². The minimum atomic E-state index is -0.439. The molecule has 2 amide bonds. The standard InChI is InChI=1S/C18H20N2O2S/c1-11-4-5-14(10-13(11)3)20-8-6-15(18(20)22)19-17(21)16-12(2)7-9-23-16/h4-5,7,9-10,15H,6,8H2,1-3H3,(H,19,21)/t15-/m0/s1. The zero-order valence-corrected chi connectivity index (χ0v) is 14.4. The van der Waals surface area contributed by atoms with Gasteiger partial charge in [0.1, 0.15) is 6.04 Å². The molecule has 1 aliphatic heterocycles. The van der Waals surface area contributed by atoms with E-state index in [-0.39, 0.29) is 11.8 Å².